The standard InChI is InChI=1S/C14H22N4O/c1-5-18-9-12(8-15-18)14(19)7-6-13-10(2)16-17(4)11(13)3/h8-9,14,19H,5-7H2,1-4H3. The highest BCUT2D eigenvalue weighted by Crippen LogP contribution is 2.21. The molecule has 0 fully saturated rings. The van der Waals surface area contributed by atoms with Gasteiger partial charge >= 0.3 is 0 Å². The minimum absolute atomic E-state index is 0.459. The summed E-state index contributed by atoms with van der Waals surface area (Å²) >= 11 is 0. The molecular formula is C14H22N4O. The van der Waals surface area contributed by atoms with Crippen molar-refractivity contribution in [2.75, 3.05) is 0 Å². The van der Waals surface area contributed by atoms with Crippen molar-refractivity contribution in [2.45, 2.75) is 46.3 Å². The summed E-state index contributed by atoms with van der Waals surface area (Å²) in [6, 6.07) is 0. The monoisotopic (exact) mass is 262 g/mol. The van der Waals surface area contributed by atoms with Crippen LogP contribution in [0.4, 0.5) is 0 Å². The second-order valence-corrected chi connectivity index (χ2v) is 4.96. The van der Waals surface area contributed by atoms with Gasteiger partial charge in [-0.1, -0.05) is 0 Å². The van der Waals surface area contributed by atoms with Crippen LogP contribution in [0.3, 0.4) is 0 Å². The van der Waals surface area contributed by atoms with E-state index in [2.05, 4.69) is 17.1 Å². The van der Waals surface area contributed by atoms with E-state index in [1.54, 1.807) is 6.20 Å². The van der Waals surface area contributed by atoms with Crippen LogP contribution in [0.1, 0.15) is 42.0 Å². The van der Waals surface area contributed by atoms with E-state index < -0.39 is 6.10 Å². The lowest BCUT2D eigenvalue weighted by atomic mass is 10.0. The largest absolute Gasteiger partial charge is 0.388 e. The highest BCUT2D eigenvalue weighted by molar-refractivity contribution is 5.24. The lowest BCUT2D eigenvalue weighted by molar-refractivity contribution is 0.167. The normalized spacial score (nSPS) is 12.9. The van der Waals surface area contributed by atoms with Gasteiger partial charge in [-0.15, -0.1) is 0 Å². The van der Waals surface area contributed by atoms with Crippen molar-refractivity contribution in [3.05, 3.63) is 34.9 Å². The zero-order valence-electron chi connectivity index (χ0n) is 12.1. The molecule has 0 spiro atoms. The predicted octanol–water partition coefficient (Wildman–Crippen LogP) is 1.92. The molecular weight excluding hydrogens is 240 g/mol. The Morgan fingerprint density at radius 3 is 2.63 bits per heavy atom. The quantitative estimate of drug-likeness (QED) is 0.895. The maximum absolute atomic E-state index is 10.2. The van der Waals surface area contributed by atoms with Crippen LogP contribution in [0.5, 0.6) is 0 Å². The van der Waals surface area contributed by atoms with Crippen LogP contribution < -0.4 is 0 Å². The van der Waals surface area contributed by atoms with Crippen molar-refractivity contribution in [1.29, 1.82) is 0 Å². The van der Waals surface area contributed by atoms with Crippen molar-refractivity contribution in [1.82, 2.24) is 19.6 Å². The van der Waals surface area contributed by atoms with Gasteiger partial charge in [0.15, 0.2) is 0 Å². The van der Waals surface area contributed by atoms with Crippen LogP contribution in [-0.2, 0) is 20.0 Å². The maximum Gasteiger partial charge on any atom is 0.0823 e. The molecule has 5 heteroatoms. The number of aromatic nitrogens is 4. The van der Waals surface area contributed by atoms with Crippen molar-refractivity contribution >= 4 is 0 Å². The van der Waals surface area contributed by atoms with Gasteiger partial charge in [0.2, 0.25) is 0 Å². The van der Waals surface area contributed by atoms with Crippen LogP contribution in [0.25, 0.3) is 0 Å². The third kappa shape index (κ3) is 2.87. The molecule has 0 saturated carbocycles. The average Bonchev–Trinajstić information content (AvgIpc) is 2.94. The molecule has 2 heterocycles. The molecule has 0 saturated heterocycles. The lowest BCUT2D eigenvalue weighted by Gasteiger charge is -2.08. The molecule has 104 valence electrons. The first-order valence-corrected chi connectivity index (χ1v) is 6.72. The number of aliphatic hydroxyl groups is 1. The van der Waals surface area contributed by atoms with Crippen molar-refractivity contribution in [3.8, 4) is 0 Å². The van der Waals surface area contributed by atoms with E-state index in [4.69, 9.17) is 0 Å². The number of aryl methyl sites for hydroxylation is 3. The van der Waals surface area contributed by atoms with Gasteiger partial charge in [0.25, 0.3) is 0 Å². The Morgan fingerprint density at radius 1 is 1.37 bits per heavy atom. The number of hydrogen-bond acceptors (Lipinski definition) is 3. The summed E-state index contributed by atoms with van der Waals surface area (Å²) in [4.78, 5) is 0. The Labute approximate surface area is 113 Å². The van der Waals surface area contributed by atoms with E-state index >= 15 is 0 Å². The summed E-state index contributed by atoms with van der Waals surface area (Å²) in [6.45, 7) is 6.94. The summed E-state index contributed by atoms with van der Waals surface area (Å²) in [7, 11) is 1.95. The average molecular weight is 262 g/mol. The second kappa shape index (κ2) is 5.57. The fourth-order valence-corrected chi connectivity index (χ4v) is 2.35. The third-order valence-corrected chi connectivity index (χ3v) is 3.69. The van der Waals surface area contributed by atoms with Crippen LogP contribution in [0, 0.1) is 13.8 Å². The number of aliphatic hydroxyl groups excluding tert-OH is 1. The van der Waals surface area contributed by atoms with Gasteiger partial charge in [-0.05, 0) is 39.2 Å². The first-order chi connectivity index (χ1) is 9.02. The van der Waals surface area contributed by atoms with Gasteiger partial charge in [-0.2, -0.15) is 10.2 Å². The minimum atomic E-state index is -0.459. The Bertz CT molecular complexity index is 556. The van der Waals surface area contributed by atoms with Crippen molar-refractivity contribution in [3.63, 3.8) is 0 Å². The van der Waals surface area contributed by atoms with Gasteiger partial charge < -0.3 is 5.11 Å². The van der Waals surface area contributed by atoms with E-state index in [9.17, 15) is 5.11 Å². The maximum atomic E-state index is 10.2. The highest BCUT2D eigenvalue weighted by Gasteiger charge is 2.14. The van der Waals surface area contributed by atoms with Crippen molar-refractivity contribution in [2.24, 2.45) is 7.05 Å². The van der Waals surface area contributed by atoms with Gasteiger partial charge in [0.1, 0.15) is 0 Å². The summed E-state index contributed by atoms with van der Waals surface area (Å²) in [5.74, 6) is 0. The molecule has 1 atom stereocenters. The first kappa shape index (κ1) is 13.8. The van der Waals surface area contributed by atoms with Gasteiger partial charge in [0.05, 0.1) is 18.0 Å². The fourth-order valence-electron chi connectivity index (χ4n) is 2.35. The smallest absolute Gasteiger partial charge is 0.0823 e. The van der Waals surface area contributed by atoms with Gasteiger partial charge in [-0.3, -0.25) is 9.36 Å². The van der Waals surface area contributed by atoms with Gasteiger partial charge in [0, 0.05) is 31.0 Å². The second-order valence-electron chi connectivity index (χ2n) is 4.96. The molecule has 0 aliphatic rings. The summed E-state index contributed by atoms with van der Waals surface area (Å²) in [6.07, 6.45) is 4.73. The molecule has 2 rings (SSSR count). The van der Waals surface area contributed by atoms with E-state index in [1.165, 1.54) is 11.3 Å². The summed E-state index contributed by atoms with van der Waals surface area (Å²) < 4.78 is 3.73. The minimum Gasteiger partial charge on any atom is -0.388 e. The molecule has 19 heavy (non-hydrogen) atoms. The number of hydrogen-bond donors (Lipinski definition) is 1. The first-order valence-electron chi connectivity index (χ1n) is 6.72. The molecule has 0 aromatic carbocycles. The van der Waals surface area contributed by atoms with Crippen LogP contribution in [0.15, 0.2) is 12.4 Å². The van der Waals surface area contributed by atoms with Crippen molar-refractivity contribution < 1.29 is 5.11 Å². The Kier molecular flexibility index (Phi) is 4.04. The topological polar surface area (TPSA) is 55.9 Å². The number of rotatable bonds is 5. The zero-order chi connectivity index (χ0) is 14.0. The summed E-state index contributed by atoms with van der Waals surface area (Å²) in [5, 5.41) is 18.8. The fraction of sp³-hybridized carbons (Fsp3) is 0.571. The molecule has 0 aliphatic heterocycles. The molecule has 0 radical (unpaired) electrons. The molecule has 1 N–H and O–H groups in total. The SMILES string of the molecule is CCn1cc(C(O)CCc2c(C)nn(C)c2C)cn1. The van der Waals surface area contributed by atoms with Crippen LogP contribution >= 0.6 is 0 Å². The molecule has 2 aromatic heterocycles. The Balaban J connectivity index is 2.02. The lowest BCUT2D eigenvalue weighted by Crippen LogP contribution is -2.01. The van der Waals surface area contributed by atoms with Crippen LogP contribution in [-0.4, -0.2) is 24.7 Å². The molecule has 0 bridgehead atoms. The number of nitrogens with zero attached hydrogens (tertiary/aromatic N) is 4. The molecule has 0 amide bonds. The molecule has 1 unspecified atom stereocenters. The van der Waals surface area contributed by atoms with E-state index in [-0.39, 0.29) is 0 Å². The van der Waals surface area contributed by atoms with Gasteiger partial charge in [-0.25, -0.2) is 0 Å². The molecule has 0 aliphatic carbocycles. The highest BCUT2D eigenvalue weighted by atomic mass is 16.3. The zero-order valence-corrected chi connectivity index (χ0v) is 12.1. The summed E-state index contributed by atoms with van der Waals surface area (Å²) in [5.41, 5.74) is 4.36. The van der Waals surface area contributed by atoms with E-state index in [0.717, 1.165) is 24.2 Å². The molecule has 2 aromatic rings. The predicted molar refractivity (Wildman–Crippen MR) is 73.9 cm³/mol. The van der Waals surface area contributed by atoms with E-state index in [0.29, 0.717) is 6.42 Å². The van der Waals surface area contributed by atoms with E-state index in [1.807, 2.05) is 36.5 Å². The molecule has 5 nitrogen and oxygen atoms in total. The Hall–Kier alpha value is -1.62. The Morgan fingerprint density at radius 2 is 2.11 bits per heavy atom. The van der Waals surface area contributed by atoms with Crippen LogP contribution in [0.2, 0.25) is 0 Å². The third-order valence-electron chi connectivity index (χ3n) is 3.69.